The van der Waals surface area contributed by atoms with Crippen LogP contribution in [-0.4, -0.2) is 18.5 Å². The van der Waals surface area contributed by atoms with Gasteiger partial charge >= 0.3 is 0 Å². The molecule has 1 N–H and O–H groups in total. The first-order valence-electron chi connectivity index (χ1n) is 3.29. The molecule has 0 unspecified atom stereocenters. The Morgan fingerprint density at radius 2 is 2.33 bits per heavy atom. The van der Waals surface area contributed by atoms with E-state index in [0.29, 0.717) is 11.3 Å². The Balaban J connectivity index is 3.10. The minimum Gasteiger partial charge on any atom is -0.496 e. The molecule has 0 aromatic heterocycles. The van der Waals surface area contributed by atoms with Crippen LogP contribution >= 0.6 is 0 Å². The molecule has 1 aromatic rings. The van der Waals surface area contributed by atoms with E-state index in [-0.39, 0.29) is 5.82 Å². The smallest absolute Gasteiger partial charge is 0.130 e. The zero-order valence-corrected chi connectivity index (χ0v) is 6.49. The summed E-state index contributed by atoms with van der Waals surface area (Å²) in [6, 6.07) is 3.95. The van der Waals surface area contributed by atoms with Crippen molar-refractivity contribution in [3.05, 3.63) is 29.6 Å². The third-order valence-electron chi connectivity index (χ3n) is 1.39. The average molecular weight is 169 g/mol. The Bertz CT molecular complexity index is 299. The number of hydrogen-bond acceptors (Lipinski definition) is 3. The molecule has 4 heteroatoms. The third-order valence-corrected chi connectivity index (χ3v) is 1.39. The molecule has 64 valence electrons. The van der Waals surface area contributed by atoms with E-state index in [2.05, 4.69) is 5.16 Å². The summed E-state index contributed by atoms with van der Waals surface area (Å²) in [7, 11) is 1.42. The zero-order valence-electron chi connectivity index (χ0n) is 6.49. The van der Waals surface area contributed by atoms with Gasteiger partial charge < -0.3 is 9.94 Å². The molecule has 0 aliphatic carbocycles. The van der Waals surface area contributed by atoms with Crippen LogP contribution in [0.2, 0.25) is 0 Å². The van der Waals surface area contributed by atoms with E-state index in [1.807, 2.05) is 0 Å². The Hall–Kier alpha value is -1.58. The summed E-state index contributed by atoms with van der Waals surface area (Å²) >= 11 is 0. The van der Waals surface area contributed by atoms with Crippen LogP contribution < -0.4 is 4.74 Å². The quantitative estimate of drug-likeness (QED) is 0.415. The highest BCUT2D eigenvalue weighted by molar-refractivity contribution is 5.82. The fourth-order valence-corrected chi connectivity index (χ4v) is 0.854. The van der Waals surface area contributed by atoms with Crippen LogP contribution in [0.15, 0.2) is 23.4 Å². The van der Waals surface area contributed by atoms with Gasteiger partial charge in [-0.3, -0.25) is 0 Å². The Morgan fingerprint density at radius 3 is 2.92 bits per heavy atom. The molecule has 0 amide bonds. The van der Waals surface area contributed by atoms with Gasteiger partial charge in [0.25, 0.3) is 0 Å². The van der Waals surface area contributed by atoms with Crippen molar-refractivity contribution in [2.75, 3.05) is 7.11 Å². The monoisotopic (exact) mass is 169 g/mol. The van der Waals surface area contributed by atoms with Crippen molar-refractivity contribution in [3.63, 3.8) is 0 Å². The van der Waals surface area contributed by atoms with Gasteiger partial charge in [0.2, 0.25) is 0 Å². The topological polar surface area (TPSA) is 41.8 Å². The molecule has 0 saturated heterocycles. The highest BCUT2D eigenvalue weighted by Gasteiger charge is 2.01. The van der Waals surface area contributed by atoms with Gasteiger partial charge in [0.15, 0.2) is 0 Å². The molecule has 0 fully saturated rings. The molecule has 0 spiro atoms. The molecular weight excluding hydrogens is 161 g/mol. The van der Waals surface area contributed by atoms with E-state index in [9.17, 15) is 4.39 Å². The lowest BCUT2D eigenvalue weighted by Crippen LogP contribution is -1.91. The summed E-state index contributed by atoms with van der Waals surface area (Å²) < 4.78 is 17.4. The summed E-state index contributed by atoms with van der Waals surface area (Å²) in [6.45, 7) is 0. The summed E-state index contributed by atoms with van der Waals surface area (Å²) in [5.41, 5.74) is 0.529. The van der Waals surface area contributed by atoms with E-state index in [0.717, 1.165) is 0 Å². The van der Waals surface area contributed by atoms with Crippen LogP contribution in [0.25, 0.3) is 0 Å². The highest BCUT2D eigenvalue weighted by Crippen LogP contribution is 2.17. The van der Waals surface area contributed by atoms with Crippen molar-refractivity contribution in [3.8, 4) is 5.75 Å². The molecule has 0 heterocycles. The SMILES string of the molecule is COc1cc(F)ccc1/C=N\O. The minimum atomic E-state index is -0.387. The summed E-state index contributed by atoms with van der Waals surface area (Å²) in [6.07, 6.45) is 1.18. The normalized spacial score (nSPS) is 10.5. The standard InChI is InChI=1S/C8H8FNO2/c1-12-8-4-7(9)3-2-6(8)5-10-11/h2-5,11H,1H3/b10-5-. The van der Waals surface area contributed by atoms with Crippen molar-refractivity contribution < 1.29 is 14.3 Å². The first kappa shape index (κ1) is 8.52. The average Bonchev–Trinajstić information content (AvgIpc) is 2.08. The molecular formula is C8H8FNO2. The van der Waals surface area contributed by atoms with Gasteiger partial charge in [0.05, 0.1) is 13.3 Å². The number of hydrogen-bond donors (Lipinski definition) is 1. The minimum absolute atomic E-state index is 0.341. The maximum atomic E-state index is 12.6. The van der Waals surface area contributed by atoms with Gasteiger partial charge in [-0.15, -0.1) is 0 Å². The summed E-state index contributed by atoms with van der Waals surface area (Å²) in [4.78, 5) is 0. The lowest BCUT2D eigenvalue weighted by atomic mass is 10.2. The zero-order chi connectivity index (χ0) is 8.97. The molecule has 3 nitrogen and oxygen atoms in total. The predicted molar refractivity (Wildman–Crippen MR) is 42.3 cm³/mol. The van der Waals surface area contributed by atoms with E-state index >= 15 is 0 Å². The molecule has 1 aromatic carbocycles. The van der Waals surface area contributed by atoms with Crippen molar-refractivity contribution >= 4 is 6.21 Å². The second kappa shape index (κ2) is 3.71. The second-order valence-corrected chi connectivity index (χ2v) is 2.13. The molecule has 12 heavy (non-hydrogen) atoms. The van der Waals surface area contributed by atoms with Gasteiger partial charge in [-0.25, -0.2) is 4.39 Å². The van der Waals surface area contributed by atoms with Crippen molar-refractivity contribution in [1.82, 2.24) is 0 Å². The van der Waals surface area contributed by atoms with E-state index in [1.165, 1.54) is 31.5 Å². The van der Waals surface area contributed by atoms with Gasteiger partial charge in [-0.05, 0) is 12.1 Å². The largest absolute Gasteiger partial charge is 0.496 e. The van der Waals surface area contributed by atoms with Crippen LogP contribution in [-0.2, 0) is 0 Å². The molecule has 0 aliphatic heterocycles. The Labute approximate surface area is 69.1 Å². The van der Waals surface area contributed by atoms with Crippen LogP contribution in [0.1, 0.15) is 5.56 Å². The van der Waals surface area contributed by atoms with Gasteiger partial charge in [0.1, 0.15) is 11.6 Å². The Kier molecular flexibility index (Phi) is 2.63. The number of rotatable bonds is 2. The first-order valence-corrected chi connectivity index (χ1v) is 3.29. The van der Waals surface area contributed by atoms with Gasteiger partial charge in [-0.2, -0.15) is 0 Å². The summed E-state index contributed by atoms with van der Waals surface area (Å²) in [5, 5.41) is 11.0. The van der Waals surface area contributed by atoms with Crippen LogP contribution in [0, 0.1) is 5.82 Å². The van der Waals surface area contributed by atoms with Gasteiger partial charge in [0, 0.05) is 11.6 Å². The molecule has 0 bridgehead atoms. The predicted octanol–water partition coefficient (Wildman–Crippen LogP) is 1.64. The highest BCUT2D eigenvalue weighted by atomic mass is 19.1. The van der Waals surface area contributed by atoms with Crippen LogP contribution in [0.5, 0.6) is 5.75 Å². The number of benzene rings is 1. The number of oxime groups is 1. The molecule has 1 rings (SSSR count). The lowest BCUT2D eigenvalue weighted by molar-refractivity contribution is 0.321. The molecule has 0 aliphatic rings. The maximum absolute atomic E-state index is 12.6. The lowest BCUT2D eigenvalue weighted by Gasteiger charge is -2.02. The van der Waals surface area contributed by atoms with Crippen molar-refractivity contribution in [2.45, 2.75) is 0 Å². The summed E-state index contributed by atoms with van der Waals surface area (Å²) in [5.74, 6) is -0.0465. The Morgan fingerprint density at radius 1 is 1.58 bits per heavy atom. The molecule has 0 radical (unpaired) electrons. The van der Waals surface area contributed by atoms with E-state index in [4.69, 9.17) is 9.94 Å². The number of halogens is 1. The van der Waals surface area contributed by atoms with Crippen molar-refractivity contribution in [1.29, 1.82) is 0 Å². The van der Waals surface area contributed by atoms with E-state index in [1.54, 1.807) is 0 Å². The van der Waals surface area contributed by atoms with Crippen molar-refractivity contribution in [2.24, 2.45) is 5.16 Å². The molecule has 0 saturated carbocycles. The van der Waals surface area contributed by atoms with E-state index < -0.39 is 0 Å². The molecule has 0 atom stereocenters. The fourth-order valence-electron chi connectivity index (χ4n) is 0.854. The second-order valence-electron chi connectivity index (χ2n) is 2.13. The number of nitrogens with zero attached hydrogens (tertiary/aromatic N) is 1. The van der Waals surface area contributed by atoms with Crippen LogP contribution in [0.3, 0.4) is 0 Å². The van der Waals surface area contributed by atoms with Crippen LogP contribution in [0.4, 0.5) is 4.39 Å². The first-order chi connectivity index (χ1) is 5.77. The number of ether oxygens (including phenoxy) is 1. The third kappa shape index (κ3) is 1.72. The van der Waals surface area contributed by atoms with Gasteiger partial charge in [-0.1, -0.05) is 5.16 Å². The maximum Gasteiger partial charge on any atom is 0.130 e. The number of methoxy groups -OCH3 is 1. The fraction of sp³-hybridized carbons (Fsp3) is 0.125.